The Hall–Kier alpha value is -4.14. The number of amides is 2. The van der Waals surface area contributed by atoms with Gasteiger partial charge in [0.1, 0.15) is 6.33 Å². The molecule has 1 saturated heterocycles. The van der Waals surface area contributed by atoms with Crippen LogP contribution in [0.2, 0.25) is 0 Å². The number of morpholine rings is 1. The molecule has 3 aromatic heterocycles. The van der Waals surface area contributed by atoms with Crippen LogP contribution in [0.5, 0.6) is 0 Å². The second-order valence-electron chi connectivity index (χ2n) is 9.80. The molecule has 0 atom stereocenters. The molecular weight excluding hydrogens is 526 g/mol. The van der Waals surface area contributed by atoms with Gasteiger partial charge in [0.2, 0.25) is 17.8 Å². The smallest absolute Gasteiger partial charge is 0.333 e. The maximum absolute atomic E-state index is 13.1. The Bertz CT molecular complexity index is 1350. The van der Waals surface area contributed by atoms with E-state index < -0.39 is 6.55 Å². The van der Waals surface area contributed by atoms with E-state index in [0.29, 0.717) is 72.1 Å². The van der Waals surface area contributed by atoms with Gasteiger partial charge in [-0.2, -0.15) is 23.8 Å². The van der Waals surface area contributed by atoms with E-state index in [-0.39, 0.29) is 24.4 Å². The largest absolute Gasteiger partial charge is 0.378 e. The number of carbonyl (C=O) groups is 2. The highest BCUT2D eigenvalue weighted by atomic mass is 19.3. The molecule has 0 unspecified atom stereocenters. The molecule has 214 valence electrons. The number of fused-ring (bicyclic) bond motifs is 1. The molecule has 13 nitrogen and oxygen atoms in total. The van der Waals surface area contributed by atoms with Crippen LogP contribution in [-0.2, 0) is 14.3 Å². The summed E-state index contributed by atoms with van der Waals surface area (Å²) in [6.07, 6.45) is 8.73. The fourth-order valence-electron chi connectivity index (χ4n) is 4.94. The van der Waals surface area contributed by atoms with Gasteiger partial charge in [0.25, 0.3) is 0 Å². The number of hydrogen-bond donors (Lipinski definition) is 3. The Labute approximate surface area is 229 Å². The predicted octanol–water partition coefficient (Wildman–Crippen LogP) is 1.63. The van der Waals surface area contributed by atoms with Gasteiger partial charge in [0.15, 0.2) is 17.0 Å². The Kier molecular flexibility index (Phi) is 8.48. The van der Waals surface area contributed by atoms with Crippen LogP contribution < -0.4 is 20.9 Å². The summed E-state index contributed by atoms with van der Waals surface area (Å²) < 4.78 is 33.8. The van der Waals surface area contributed by atoms with E-state index in [0.717, 1.165) is 25.7 Å². The standard InChI is InChI=1S/C25H32F2N10O3/c1-2-19(38)28-11-16-3-5-17(6-4-16)32-20(39)13-29-22-21-23(34-25(33-22)35-7-9-40-10-8-35)36(15-30-21)18-12-31-37(14-18)24(26)27/h2,12,14-17,24H,1,3-11,13H2,(H,28,38)(H,32,39)(H,29,33,34). The number of ether oxygens (including phenoxy) is 1. The van der Waals surface area contributed by atoms with Crippen molar-refractivity contribution in [3.63, 3.8) is 0 Å². The summed E-state index contributed by atoms with van der Waals surface area (Å²) in [7, 11) is 0. The van der Waals surface area contributed by atoms with Crippen molar-refractivity contribution in [3.8, 4) is 5.69 Å². The first-order valence-electron chi connectivity index (χ1n) is 13.2. The topological polar surface area (TPSA) is 144 Å². The summed E-state index contributed by atoms with van der Waals surface area (Å²) in [6, 6.07) is 0.0561. The van der Waals surface area contributed by atoms with Crippen molar-refractivity contribution >= 4 is 34.7 Å². The number of aromatic nitrogens is 6. The van der Waals surface area contributed by atoms with Gasteiger partial charge in [-0.05, 0) is 37.7 Å². The number of hydrogen-bond acceptors (Lipinski definition) is 9. The summed E-state index contributed by atoms with van der Waals surface area (Å²) in [5.41, 5.74) is 1.17. The van der Waals surface area contributed by atoms with Crippen molar-refractivity contribution < 1.29 is 23.1 Å². The lowest BCUT2D eigenvalue weighted by molar-refractivity contribution is -0.120. The van der Waals surface area contributed by atoms with Gasteiger partial charge in [-0.1, -0.05) is 6.58 Å². The predicted molar refractivity (Wildman–Crippen MR) is 142 cm³/mol. The fourth-order valence-corrected chi connectivity index (χ4v) is 4.94. The van der Waals surface area contributed by atoms with Gasteiger partial charge < -0.3 is 25.6 Å². The van der Waals surface area contributed by atoms with Crippen molar-refractivity contribution in [3.05, 3.63) is 31.4 Å². The summed E-state index contributed by atoms with van der Waals surface area (Å²) in [4.78, 5) is 39.9. The van der Waals surface area contributed by atoms with E-state index in [4.69, 9.17) is 4.74 Å². The van der Waals surface area contributed by atoms with Crippen LogP contribution in [0, 0.1) is 5.92 Å². The molecule has 2 fully saturated rings. The van der Waals surface area contributed by atoms with Crippen LogP contribution in [0.3, 0.4) is 0 Å². The third-order valence-corrected chi connectivity index (χ3v) is 7.12. The molecule has 4 heterocycles. The van der Waals surface area contributed by atoms with Crippen molar-refractivity contribution in [1.29, 1.82) is 0 Å². The van der Waals surface area contributed by atoms with Crippen LogP contribution in [0.25, 0.3) is 16.9 Å². The third-order valence-electron chi connectivity index (χ3n) is 7.12. The van der Waals surface area contributed by atoms with E-state index in [2.05, 4.69) is 42.6 Å². The lowest BCUT2D eigenvalue weighted by Crippen LogP contribution is -2.42. The normalized spacial score (nSPS) is 19.5. The Morgan fingerprint density at radius 1 is 1.18 bits per heavy atom. The zero-order valence-corrected chi connectivity index (χ0v) is 21.9. The monoisotopic (exact) mass is 558 g/mol. The minimum atomic E-state index is -2.77. The molecule has 3 N–H and O–H groups in total. The number of nitrogens with one attached hydrogen (secondary N) is 3. The van der Waals surface area contributed by atoms with Gasteiger partial charge in [-0.15, -0.1) is 0 Å². The maximum Gasteiger partial charge on any atom is 0.333 e. The number of halogens is 2. The number of alkyl halides is 2. The second kappa shape index (κ2) is 12.4. The van der Waals surface area contributed by atoms with Crippen molar-refractivity contribution in [2.24, 2.45) is 5.92 Å². The van der Waals surface area contributed by atoms with E-state index in [1.165, 1.54) is 24.8 Å². The van der Waals surface area contributed by atoms with E-state index in [1.54, 1.807) is 4.57 Å². The second-order valence-corrected chi connectivity index (χ2v) is 9.80. The SMILES string of the molecule is C=CC(=O)NCC1CCC(NC(=O)CNc2nc(N3CCOCC3)nc3c2ncn3-c2cnn(C(F)F)c2)CC1. The van der Waals surface area contributed by atoms with Gasteiger partial charge in [0.05, 0.1) is 37.8 Å². The first-order valence-corrected chi connectivity index (χ1v) is 13.2. The van der Waals surface area contributed by atoms with E-state index >= 15 is 0 Å². The molecule has 2 amide bonds. The van der Waals surface area contributed by atoms with E-state index in [1.807, 2.05) is 4.90 Å². The molecule has 15 heteroatoms. The number of nitrogens with zero attached hydrogens (tertiary/aromatic N) is 7. The molecule has 1 saturated carbocycles. The Morgan fingerprint density at radius 2 is 1.95 bits per heavy atom. The fraction of sp³-hybridized carbons (Fsp3) is 0.520. The molecule has 1 aliphatic heterocycles. The number of rotatable bonds is 10. The quantitative estimate of drug-likeness (QED) is 0.316. The lowest BCUT2D eigenvalue weighted by Gasteiger charge is -2.29. The molecule has 40 heavy (non-hydrogen) atoms. The average molecular weight is 559 g/mol. The van der Waals surface area contributed by atoms with Gasteiger partial charge in [-0.25, -0.2) is 9.67 Å². The number of carbonyl (C=O) groups excluding carboxylic acids is 2. The van der Waals surface area contributed by atoms with Gasteiger partial charge in [0, 0.05) is 25.7 Å². The van der Waals surface area contributed by atoms with Gasteiger partial charge >= 0.3 is 6.55 Å². The molecule has 0 radical (unpaired) electrons. The third kappa shape index (κ3) is 6.35. The van der Waals surface area contributed by atoms with Crippen LogP contribution in [0.1, 0.15) is 32.2 Å². The molecular formula is C25H32F2N10O3. The molecule has 0 spiro atoms. The first-order chi connectivity index (χ1) is 19.4. The Balaban J connectivity index is 1.27. The summed E-state index contributed by atoms with van der Waals surface area (Å²) in [6.45, 7) is 3.49. The highest BCUT2D eigenvalue weighted by Gasteiger charge is 2.24. The molecule has 5 rings (SSSR count). The van der Waals surface area contributed by atoms with Gasteiger partial charge in [-0.3, -0.25) is 14.2 Å². The van der Waals surface area contributed by atoms with E-state index in [9.17, 15) is 18.4 Å². The van der Waals surface area contributed by atoms with Crippen molar-refractivity contribution in [2.75, 3.05) is 49.6 Å². The molecule has 1 aliphatic carbocycles. The minimum Gasteiger partial charge on any atom is -0.378 e. The molecule has 3 aromatic rings. The number of anilines is 2. The van der Waals surface area contributed by atoms with Crippen LogP contribution >= 0.6 is 0 Å². The zero-order chi connectivity index (χ0) is 28.1. The number of imidazole rings is 1. The maximum atomic E-state index is 13.1. The Morgan fingerprint density at radius 3 is 2.65 bits per heavy atom. The molecule has 0 aromatic carbocycles. The average Bonchev–Trinajstić information content (AvgIpc) is 3.63. The first kappa shape index (κ1) is 27.4. The summed E-state index contributed by atoms with van der Waals surface area (Å²) in [5, 5.41) is 12.7. The molecule has 0 bridgehead atoms. The highest BCUT2D eigenvalue weighted by Crippen LogP contribution is 2.26. The highest BCUT2D eigenvalue weighted by molar-refractivity contribution is 5.88. The minimum absolute atomic E-state index is 0.0276. The lowest BCUT2D eigenvalue weighted by atomic mass is 9.86. The summed E-state index contributed by atoms with van der Waals surface area (Å²) in [5.74, 6) is 0.809. The molecule has 2 aliphatic rings. The van der Waals surface area contributed by atoms with Crippen LogP contribution in [0.15, 0.2) is 31.4 Å². The van der Waals surface area contributed by atoms with Crippen molar-refractivity contribution in [2.45, 2.75) is 38.3 Å². The summed E-state index contributed by atoms with van der Waals surface area (Å²) >= 11 is 0. The zero-order valence-electron chi connectivity index (χ0n) is 21.9. The van der Waals surface area contributed by atoms with Crippen LogP contribution in [-0.4, -0.2) is 86.5 Å². The van der Waals surface area contributed by atoms with Crippen molar-refractivity contribution in [1.82, 2.24) is 39.9 Å². The van der Waals surface area contributed by atoms with Crippen LogP contribution in [0.4, 0.5) is 20.5 Å².